The number of hydrogen-bond donors (Lipinski definition) is 1. The normalized spacial score (nSPS) is 23.1. The minimum Gasteiger partial charge on any atom is -0.389 e. The summed E-state index contributed by atoms with van der Waals surface area (Å²) in [7, 11) is 0. The van der Waals surface area contributed by atoms with Crippen molar-refractivity contribution in [3.8, 4) is 0 Å². The molecule has 0 bridgehead atoms. The highest BCUT2D eigenvalue weighted by atomic mass is 16.3. The van der Waals surface area contributed by atoms with Crippen LogP contribution in [0.3, 0.4) is 0 Å². The molecule has 2 atom stereocenters. The third-order valence-corrected chi connectivity index (χ3v) is 3.63. The Morgan fingerprint density at radius 2 is 1.65 bits per heavy atom. The monoisotopic (exact) mass is 236 g/mol. The molecule has 0 fully saturated rings. The molecule has 1 aliphatic rings. The van der Waals surface area contributed by atoms with E-state index in [0.29, 0.717) is 5.92 Å². The van der Waals surface area contributed by atoms with Crippen molar-refractivity contribution in [2.45, 2.75) is 70.3 Å². The van der Waals surface area contributed by atoms with Gasteiger partial charge in [-0.1, -0.05) is 56.8 Å². The van der Waals surface area contributed by atoms with Gasteiger partial charge in [-0.25, -0.2) is 0 Å². The summed E-state index contributed by atoms with van der Waals surface area (Å²) < 4.78 is 0. The van der Waals surface area contributed by atoms with Gasteiger partial charge in [0.2, 0.25) is 0 Å². The van der Waals surface area contributed by atoms with E-state index >= 15 is 0 Å². The number of aliphatic hydroxyl groups excluding tert-OH is 1. The first-order valence-corrected chi connectivity index (χ1v) is 7.30. The summed E-state index contributed by atoms with van der Waals surface area (Å²) in [6.07, 6.45) is 18.9. The van der Waals surface area contributed by atoms with Gasteiger partial charge < -0.3 is 5.11 Å². The maximum absolute atomic E-state index is 9.35. The van der Waals surface area contributed by atoms with Gasteiger partial charge in [0.1, 0.15) is 0 Å². The molecule has 98 valence electrons. The van der Waals surface area contributed by atoms with Gasteiger partial charge in [-0.15, -0.1) is 6.58 Å². The standard InChI is InChI=1S/C16H28O/c1-2-3-4-5-6-7-8-9-10-11-15-12-13-16(17)14-15/h2,12-13,15-17H,1,3-11,14H2/t15-,16-/m1/s1. The van der Waals surface area contributed by atoms with Crippen molar-refractivity contribution in [3.63, 3.8) is 0 Å². The molecule has 0 aromatic rings. The van der Waals surface area contributed by atoms with Crippen molar-refractivity contribution >= 4 is 0 Å². The van der Waals surface area contributed by atoms with E-state index in [0.717, 1.165) is 6.42 Å². The Labute approximate surface area is 107 Å². The SMILES string of the molecule is C=CCCCCCCCCC[C@@H]1C=C[C@@H](O)C1. The highest BCUT2D eigenvalue weighted by Gasteiger charge is 2.15. The Morgan fingerprint density at radius 1 is 1.00 bits per heavy atom. The first kappa shape index (κ1) is 14.5. The van der Waals surface area contributed by atoms with Crippen LogP contribution in [0.2, 0.25) is 0 Å². The van der Waals surface area contributed by atoms with Crippen LogP contribution in [0, 0.1) is 5.92 Å². The maximum atomic E-state index is 9.35. The van der Waals surface area contributed by atoms with Crippen molar-refractivity contribution in [1.29, 1.82) is 0 Å². The highest BCUT2D eigenvalue weighted by Crippen LogP contribution is 2.23. The lowest BCUT2D eigenvalue weighted by atomic mass is 9.99. The molecule has 0 aromatic carbocycles. The van der Waals surface area contributed by atoms with E-state index in [4.69, 9.17) is 0 Å². The van der Waals surface area contributed by atoms with Crippen LogP contribution in [-0.4, -0.2) is 11.2 Å². The van der Waals surface area contributed by atoms with Crippen LogP contribution < -0.4 is 0 Å². The quantitative estimate of drug-likeness (QED) is 0.433. The van der Waals surface area contributed by atoms with Gasteiger partial charge in [-0.2, -0.15) is 0 Å². The molecule has 0 spiro atoms. The Bertz CT molecular complexity index is 220. The van der Waals surface area contributed by atoms with Gasteiger partial charge in [0.25, 0.3) is 0 Å². The average Bonchev–Trinajstić information content (AvgIpc) is 2.73. The third-order valence-electron chi connectivity index (χ3n) is 3.63. The second kappa shape index (κ2) is 9.47. The number of hydrogen-bond acceptors (Lipinski definition) is 1. The lowest BCUT2D eigenvalue weighted by molar-refractivity contribution is 0.207. The first-order valence-electron chi connectivity index (χ1n) is 7.30. The molecule has 0 aromatic heterocycles. The molecule has 0 saturated heterocycles. The second-order valence-electron chi connectivity index (χ2n) is 5.29. The summed E-state index contributed by atoms with van der Waals surface area (Å²) in [6.45, 7) is 3.74. The number of aliphatic hydroxyl groups is 1. The van der Waals surface area contributed by atoms with Crippen LogP contribution in [0.15, 0.2) is 24.8 Å². The smallest absolute Gasteiger partial charge is 0.0726 e. The maximum Gasteiger partial charge on any atom is 0.0726 e. The summed E-state index contributed by atoms with van der Waals surface area (Å²) >= 11 is 0. The van der Waals surface area contributed by atoms with Crippen LogP contribution in [0.4, 0.5) is 0 Å². The molecule has 0 unspecified atom stereocenters. The molecule has 17 heavy (non-hydrogen) atoms. The van der Waals surface area contributed by atoms with Crippen molar-refractivity contribution < 1.29 is 5.11 Å². The molecule has 1 N–H and O–H groups in total. The van der Waals surface area contributed by atoms with Crippen LogP contribution in [0.1, 0.15) is 64.2 Å². The van der Waals surface area contributed by atoms with E-state index in [1.807, 2.05) is 12.2 Å². The lowest BCUT2D eigenvalue weighted by Crippen LogP contribution is -2.01. The van der Waals surface area contributed by atoms with E-state index in [1.165, 1.54) is 57.8 Å². The molecule has 1 rings (SSSR count). The Morgan fingerprint density at radius 3 is 2.24 bits per heavy atom. The van der Waals surface area contributed by atoms with Gasteiger partial charge in [0.05, 0.1) is 6.10 Å². The fourth-order valence-electron chi connectivity index (χ4n) is 2.55. The molecule has 0 saturated carbocycles. The van der Waals surface area contributed by atoms with E-state index in [1.54, 1.807) is 0 Å². The molecular formula is C16H28O. The molecule has 0 amide bonds. The zero-order valence-electron chi connectivity index (χ0n) is 11.1. The fraction of sp³-hybridized carbons (Fsp3) is 0.750. The summed E-state index contributed by atoms with van der Waals surface area (Å²) in [5.41, 5.74) is 0. The Kier molecular flexibility index (Phi) is 8.08. The van der Waals surface area contributed by atoms with E-state index in [2.05, 4.69) is 12.7 Å². The van der Waals surface area contributed by atoms with Crippen LogP contribution >= 0.6 is 0 Å². The number of allylic oxidation sites excluding steroid dienone is 2. The van der Waals surface area contributed by atoms with E-state index in [9.17, 15) is 5.11 Å². The van der Waals surface area contributed by atoms with Gasteiger partial charge in [-0.3, -0.25) is 0 Å². The second-order valence-corrected chi connectivity index (χ2v) is 5.29. The molecule has 0 aliphatic heterocycles. The predicted octanol–water partition coefficient (Wildman–Crippen LogP) is 4.62. The Balaban J connectivity index is 1.79. The summed E-state index contributed by atoms with van der Waals surface area (Å²) in [6, 6.07) is 0. The van der Waals surface area contributed by atoms with Gasteiger partial charge in [-0.05, 0) is 31.6 Å². The highest BCUT2D eigenvalue weighted by molar-refractivity contribution is 5.02. The largest absolute Gasteiger partial charge is 0.389 e. The van der Waals surface area contributed by atoms with Crippen molar-refractivity contribution in [2.24, 2.45) is 5.92 Å². The average molecular weight is 236 g/mol. The van der Waals surface area contributed by atoms with Gasteiger partial charge >= 0.3 is 0 Å². The van der Waals surface area contributed by atoms with Crippen LogP contribution in [0.5, 0.6) is 0 Å². The van der Waals surface area contributed by atoms with Crippen LogP contribution in [-0.2, 0) is 0 Å². The zero-order valence-corrected chi connectivity index (χ0v) is 11.1. The van der Waals surface area contributed by atoms with Crippen LogP contribution in [0.25, 0.3) is 0 Å². The minimum atomic E-state index is -0.162. The topological polar surface area (TPSA) is 20.2 Å². The number of unbranched alkanes of at least 4 members (excludes halogenated alkanes) is 7. The van der Waals surface area contributed by atoms with E-state index < -0.39 is 0 Å². The third kappa shape index (κ3) is 7.38. The van der Waals surface area contributed by atoms with Gasteiger partial charge in [0.15, 0.2) is 0 Å². The lowest BCUT2D eigenvalue weighted by Gasteiger charge is -2.08. The van der Waals surface area contributed by atoms with Gasteiger partial charge in [0, 0.05) is 0 Å². The molecule has 0 heterocycles. The predicted molar refractivity (Wildman–Crippen MR) is 75.0 cm³/mol. The molecular weight excluding hydrogens is 208 g/mol. The fourth-order valence-corrected chi connectivity index (χ4v) is 2.55. The molecule has 1 aliphatic carbocycles. The van der Waals surface area contributed by atoms with Crippen molar-refractivity contribution in [1.82, 2.24) is 0 Å². The van der Waals surface area contributed by atoms with E-state index in [-0.39, 0.29) is 6.10 Å². The molecule has 1 heteroatoms. The first-order chi connectivity index (χ1) is 8.33. The van der Waals surface area contributed by atoms with Crippen molar-refractivity contribution in [2.75, 3.05) is 0 Å². The Hall–Kier alpha value is -0.560. The molecule has 0 radical (unpaired) electrons. The summed E-state index contributed by atoms with van der Waals surface area (Å²) in [4.78, 5) is 0. The number of rotatable bonds is 10. The summed E-state index contributed by atoms with van der Waals surface area (Å²) in [5, 5.41) is 9.35. The molecule has 1 nitrogen and oxygen atoms in total. The van der Waals surface area contributed by atoms with Crippen molar-refractivity contribution in [3.05, 3.63) is 24.8 Å². The minimum absolute atomic E-state index is 0.162. The summed E-state index contributed by atoms with van der Waals surface area (Å²) in [5.74, 6) is 0.651. The zero-order chi connectivity index (χ0) is 12.3.